The standard InChI is InChI=1S/C7H11N3O2/c1-10-7(8-4-11)9-6(12-10)5-2-3-5/h4-5,7H,2-3H2,1H3,(H,8,11). The maximum Gasteiger partial charge on any atom is 0.216 e. The molecule has 2 rings (SSSR count). The molecule has 1 saturated carbocycles. The third-order valence-electron chi connectivity index (χ3n) is 1.98. The molecule has 1 unspecified atom stereocenters. The molecule has 1 N–H and O–H groups in total. The number of nitrogens with zero attached hydrogens (tertiary/aromatic N) is 2. The van der Waals surface area contributed by atoms with Crippen LogP contribution in [0.4, 0.5) is 0 Å². The number of aliphatic imine (C=N–C) groups is 1. The molecule has 1 amide bonds. The molecule has 0 aromatic rings. The van der Waals surface area contributed by atoms with Gasteiger partial charge in [-0.05, 0) is 12.8 Å². The van der Waals surface area contributed by atoms with Crippen LogP contribution in [0, 0.1) is 5.92 Å². The Hall–Kier alpha value is -1.10. The second kappa shape index (κ2) is 2.75. The first-order valence-corrected chi connectivity index (χ1v) is 3.99. The second-order valence-electron chi connectivity index (χ2n) is 3.04. The molecule has 1 fully saturated rings. The average molecular weight is 169 g/mol. The summed E-state index contributed by atoms with van der Waals surface area (Å²) in [6.45, 7) is 0. The van der Waals surface area contributed by atoms with E-state index in [-0.39, 0.29) is 6.29 Å². The molecule has 12 heavy (non-hydrogen) atoms. The summed E-state index contributed by atoms with van der Waals surface area (Å²) in [7, 11) is 1.75. The summed E-state index contributed by atoms with van der Waals surface area (Å²) < 4.78 is 0. The Morgan fingerprint density at radius 2 is 2.50 bits per heavy atom. The van der Waals surface area contributed by atoms with Gasteiger partial charge < -0.3 is 10.2 Å². The van der Waals surface area contributed by atoms with E-state index >= 15 is 0 Å². The predicted octanol–water partition coefficient (Wildman–Crippen LogP) is -0.299. The molecule has 1 atom stereocenters. The summed E-state index contributed by atoms with van der Waals surface area (Å²) in [5.41, 5.74) is 0. The van der Waals surface area contributed by atoms with Crippen molar-refractivity contribution in [3.63, 3.8) is 0 Å². The number of hydrogen-bond acceptors (Lipinski definition) is 4. The highest BCUT2D eigenvalue weighted by atomic mass is 16.7. The van der Waals surface area contributed by atoms with E-state index in [0.717, 1.165) is 18.7 Å². The van der Waals surface area contributed by atoms with Crippen LogP contribution in [-0.4, -0.2) is 30.7 Å². The van der Waals surface area contributed by atoms with Gasteiger partial charge in [-0.15, -0.1) is 5.06 Å². The average Bonchev–Trinajstić information content (AvgIpc) is 2.80. The molecule has 0 aromatic carbocycles. The van der Waals surface area contributed by atoms with E-state index in [0.29, 0.717) is 12.3 Å². The largest absolute Gasteiger partial charge is 0.387 e. The van der Waals surface area contributed by atoms with E-state index in [4.69, 9.17) is 4.84 Å². The van der Waals surface area contributed by atoms with Crippen LogP contribution in [0.2, 0.25) is 0 Å². The van der Waals surface area contributed by atoms with Crippen LogP contribution in [-0.2, 0) is 9.63 Å². The monoisotopic (exact) mass is 169 g/mol. The van der Waals surface area contributed by atoms with Gasteiger partial charge in [-0.3, -0.25) is 4.79 Å². The fourth-order valence-electron chi connectivity index (χ4n) is 1.14. The van der Waals surface area contributed by atoms with Crippen molar-refractivity contribution < 1.29 is 9.63 Å². The van der Waals surface area contributed by atoms with Gasteiger partial charge in [-0.25, -0.2) is 4.99 Å². The van der Waals surface area contributed by atoms with E-state index < -0.39 is 0 Å². The SMILES string of the molecule is CN1OC(C2CC2)=NC1NC=O. The quantitative estimate of drug-likeness (QED) is 0.590. The lowest BCUT2D eigenvalue weighted by molar-refractivity contribution is -0.116. The maximum atomic E-state index is 10.1. The van der Waals surface area contributed by atoms with Gasteiger partial charge in [-0.2, -0.15) is 0 Å². The Bertz CT molecular complexity index is 225. The Labute approximate surface area is 70.4 Å². The van der Waals surface area contributed by atoms with Crippen LogP contribution < -0.4 is 5.32 Å². The molecule has 5 heteroatoms. The lowest BCUT2D eigenvalue weighted by Gasteiger charge is -2.13. The van der Waals surface area contributed by atoms with Gasteiger partial charge in [-0.1, -0.05) is 0 Å². The fourth-order valence-corrected chi connectivity index (χ4v) is 1.14. The van der Waals surface area contributed by atoms with Crippen molar-refractivity contribution in [2.24, 2.45) is 10.9 Å². The first-order chi connectivity index (χ1) is 5.81. The third-order valence-corrected chi connectivity index (χ3v) is 1.98. The Balaban J connectivity index is 1.99. The topological polar surface area (TPSA) is 53.9 Å². The number of nitrogens with one attached hydrogen (secondary N) is 1. The van der Waals surface area contributed by atoms with Gasteiger partial charge in [0.1, 0.15) is 0 Å². The maximum absolute atomic E-state index is 10.1. The molecule has 0 bridgehead atoms. The fraction of sp³-hybridized carbons (Fsp3) is 0.714. The van der Waals surface area contributed by atoms with E-state index in [1.54, 1.807) is 12.1 Å². The normalized spacial score (nSPS) is 29.4. The summed E-state index contributed by atoms with van der Waals surface area (Å²) in [6, 6.07) is 0. The Kier molecular flexibility index (Phi) is 1.73. The van der Waals surface area contributed by atoms with Gasteiger partial charge in [0.2, 0.25) is 18.6 Å². The van der Waals surface area contributed by atoms with Crippen LogP contribution in [0.1, 0.15) is 12.8 Å². The molecule has 0 saturated heterocycles. The number of amides is 1. The molecule has 2 aliphatic rings. The van der Waals surface area contributed by atoms with E-state index in [9.17, 15) is 4.79 Å². The molecule has 0 radical (unpaired) electrons. The van der Waals surface area contributed by atoms with Crippen molar-refractivity contribution in [1.29, 1.82) is 0 Å². The molecule has 1 aliphatic carbocycles. The van der Waals surface area contributed by atoms with Crippen LogP contribution in [0.5, 0.6) is 0 Å². The minimum atomic E-state index is -0.335. The highest BCUT2D eigenvalue weighted by molar-refractivity contribution is 5.82. The van der Waals surface area contributed by atoms with Crippen LogP contribution in [0.15, 0.2) is 4.99 Å². The zero-order valence-corrected chi connectivity index (χ0v) is 6.86. The molecule has 5 nitrogen and oxygen atoms in total. The van der Waals surface area contributed by atoms with Gasteiger partial charge in [0.05, 0.1) is 0 Å². The van der Waals surface area contributed by atoms with Crippen molar-refractivity contribution in [3.8, 4) is 0 Å². The molecule has 0 aromatic heterocycles. The summed E-state index contributed by atoms with van der Waals surface area (Å²) in [5.74, 6) is 1.25. The molecule has 1 aliphatic heterocycles. The highest BCUT2D eigenvalue weighted by Gasteiger charge is 2.36. The lowest BCUT2D eigenvalue weighted by Crippen LogP contribution is -2.37. The van der Waals surface area contributed by atoms with Gasteiger partial charge in [0, 0.05) is 13.0 Å². The summed E-state index contributed by atoms with van der Waals surface area (Å²) in [6.07, 6.45) is 2.60. The molecular formula is C7H11N3O2. The minimum Gasteiger partial charge on any atom is -0.387 e. The van der Waals surface area contributed by atoms with E-state index in [2.05, 4.69) is 10.3 Å². The Morgan fingerprint density at radius 3 is 3.08 bits per heavy atom. The van der Waals surface area contributed by atoms with E-state index in [1.807, 2.05) is 0 Å². The number of rotatable bonds is 3. The number of hydroxylamine groups is 2. The molecule has 66 valence electrons. The van der Waals surface area contributed by atoms with Crippen LogP contribution >= 0.6 is 0 Å². The lowest BCUT2D eigenvalue weighted by atomic mass is 10.4. The summed E-state index contributed by atoms with van der Waals surface area (Å²) in [4.78, 5) is 19.6. The molecule has 1 heterocycles. The Morgan fingerprint density at radius 1 is 1.75 bits per heavy atom. The highest BCUT2D eigenvalue weighted by Crippen LogP contribution is 2.33. The summed E-state index contributed by atoms with van der Waals surface area (Å²) >= 11 is 0. The third kappa shape index (κ3) is 1.27. The smallest absolute Gasteiger partial charge is 0.216 e. The van der Waals surface area contributed by atoms with E-state index in [1.165, 1.54) is 0 Å². The van der Waals surface area contributed by atoms with Crippen molar-refractivity contribution in [1.82, 2.24) is 10.4 Å². The molecule has 0 spiro atoms. The van der Waals surface area contributed by atoms with Crippen molar-refractivity contribution in [2.75, 3.05) is 7.05 Å². The van der Waals surface area contributed by atoms with Gasteiger partial charge in [0.15, 0.2) is 0 Å². The minimum absolute atomic E-state index is 0.335. The summed E-state index contributed by atoms with van der Waals surface area (Å²) in [5, 5.41) is 4.08. The van der Waals surface area contributed by atoms with Gasteiger partial charge >= 0.3 is 0 Å². The van der Waals surface area contributed by atoms with Crippen LogP contribution in [0.3, 0.4) is 0 Å². The number of carbonyl (C=O) groups is 1. The zero-order valence-electron chi connectivity index (χ0n) is 6.86. The predicted molar refractivity (Wildman–Crippen MR) is 42.0 cm³/mol. The van der Waals surface area contributed by atoms with Crippen molar-refractivity contribution in [3.05, 3.63) is 0 Å². The first kappa shape index (κ1) is 7.54. The number of carbonyl (C=O) groups excluding carboxylic acids is 1. The van der Waals surface area contributed by atoms with Crippen molar-refractivity contribution >= 4 is 12.3 Å². The van der Waals surface area contributed by atoms with Crippen LogP contribution in [0.25, 0.3) is 0 Å². The zero-order chi connectivity index (χ0) is 8.55. The second-order valence-corrected chi connectivity index (χ2v) is 3.04. The van der Waals surface area contributed by atoms with Crippen molar-refractivity contribution in [2.45, 2.75) is 19.1 Å². The number of hydrogen-bond donors (Lipinski definition) is 1. The molecular weight excluding hydrogens is 158 g/mol. The first-order valence-electron chi connectivity index (χ1n) is 3.99. The van der Waals surface area contributed by atoms with Gasteiger partial charge in [0.25, 0.3) is 0 Å².